The van der Waals surface area contributed by atoms with E-state index in [2.05, 4.69) is 20.9 Å². The average molecular weight is 324 g/mol. The fraction of sp³-hybridized carbons (Fsp3) is 0.625. The molecule has 1 aromatic heterocycles. The second-order valence-electron chi connectivity index (χ2n) is 3.75. The summed E-state index contributed by atoms with van der Waals surface area (Å²) in [5.74, 6) is -0.423. The third-order valence-electron chi connectivity index (χ3n) is 2.68. The van der Waals surface area contributed by atoms with Gasteiger partial charge in [0, 0.05) is 0 Å². The number of aromatic nitrogens is 2. The number of nitro groups is 1. The highest BCUT2D eigenvalue weighted by molar-refractivity contribution is 9.10. The number of hydrogen-bond donors (Lipinski definition) is 3. The summed E-state index contributed by atoms with van der Waals surface area (Å²) in [6.45, 7) is -0.469. The Morgan fingerprint density at radius 3 is 2.67 bits per heavy atom. The van der Waals surface area contributed by atoms with E-state index < -0.39 is 41.9 Å². The van der Waals surface area contributed by atoms with Crippen LogP contribution >= 0.6 is 15.9 Å². The lowest BCUT2D eigenvalue weighted by atomic mass is 10.1. The van der Waals surface area contributed by atoms with Crippen molar-refractivity contribution in [3.63, 3.8) is 0 Å². The first-order valence-electron chi connectivity index (χ1n) is 4.96. The predicted octanol–water partition coefficient (Wildman–Crippen LogP) is -0.835. The van der Waals surface area contributed by atoms with Gasteiger partial charge in [0.15, 0.2) is 10.8 Å². The van der Waals surface area contributed by atoms with Crippen molar-refractivity contribution in [1.29, 1.82) is 0 Å². The second-order valence-corrected chi connectivity index (χ2v) is 4.50. The molecule has 2 heterocycles. The monoisotopic (exact) mass is 323 g/mol. The molecule has 4 atom stereocenters. The minimum absolute atomic E-state index is 0.0161. The van der Waals surface area contributed by atoms with E-state index in [4.69, 9.17) is 9.84 Å². The Balaban J connectivity index is 2.30. The maximum atomic E-state index is 10.6. The van der Waals surface area contributed by atoms with Gasteiger partial charge < -0.3 is 30.2 Å². The summed E-state index contributed by atoms with van der Waals surface area (Å²) >= 11 is 2.97. The Morgan fingerprint density at radius 2 is 2.22 bits per heavy atom. The minimum Gasteiger partial charge on any atom is -0.394 e. The molecule has 1 aliphatic heterocycles. The summed E-state index contributed by atoms with van der Waals surface area (Å²) < 4.78 is 6.41. The van der Waals surface area contributed by atoms with Gasteiger partial charge in [-0.3, -0.25) is 4.57 Å². The first kappa shape index (κ1) is 13.4. The maximum absolute atomic E-state index is 10.6. The van der Waals surface area contributed by atoms with Crippen molar-refractivity contribution in [2.75, 3.05) is 6.61 Å². The molecular weight excluding hydrogens is 314 g/mol. The first-order valence-corrected chi connectivity index (χ1v) is 5.75. The highest BCUT2D eigenvalue weighted by Gasteiger charge is 2.45. The van der Waals surface area contributed by atoms with E-state index in [1.165, 1.54) is 4.57 Å². The molecule has 0 aliphatic carbocycles. The van der Waals surface area contributed by atoms with Crippen molar-refractivity contribution in [1.82, 2.24) is 9.55 Å². The van der Waals surface area contributed by atoms with Crippen LogP contribution in [-0.2, 0) is 4.74 Å². The van der Waals surface area contributed by atoms with Gasteiger partial charge in [0.2, 0.25) is 6.33 Å². The average Bonchev–Trinajstić information content (AvgIpc) is 2.82. The highest BCUT2D eigenvalue weighted by atomic mass is 79.9. The Morgan fingerprint density at radius 1 is 1.56 bits per heavy atom. The van der Waals surface area contributed by atoms with Gasteiger partial charge in [-0.1, -0.05) is 0 Å². The second kappa shape index (κ2) is 4.90. The number of nitrogens with zero attached hydrogens (tertiary/aromatic N) is 3. The molecule has 0 saturated carbocycles. The van der Waals surface area contributed by atoms with E-state index in [9.17, 15) is 20.3 Å². The number of imidazole rings is 1. The zero-order valence-electron chi connectivity index (χ0n) is 8.88. The van der Waals surface area contributed by atoms with Crippen LogP contribution in [0.4, 0.5) is 5.82 Å². The van der Waals surface area contributed by atoms with Crippen molar-refractivity contribution in [3.05, 3.63) is 21.0 Å². The summed E-state index contributed by atoms with van der Waals surface area (Å²) in [6, 6.07) is 0. The normalized spacial score (nSPS) is 31.8. The van der Waals surface area contributed by atoms with Crippen molar-refractivity contribution >= 4 is 21.7 Å². The van der Waals surface area contributed by atoms with Gasteiger partial charge in [0.1, 0.15) is 18.3 Å². The molecule has 9 nitrogen and oxygen atoms in total. The molecule has 100 valence electrons. The Kier molecular flexibility index (Phi) is 3.64. The molecule has 3 N–H and O–H groups in total. The fourth-order valence-electron chi connectivity index (χ4n) is 1.75. The Hall–Kier alpha value is -1.07. The molecule has 0 radical (unpaired) electrons. The minimum atomic E-state index is -1.31. The number of rotatable bonds is 3. The van der Waals surface area contributed by atoms with E-state index in [0.717, 1.165) is 6.33 Å². The Labute approximate surface area is 109 Å². The molecule has 1 fully saturated rings. The van der Waals surface area contributed by atoms with Crippen LogP contribution in [0, 0.1) is 10.1 Å². The smallest absolute Gasteiger partial charge is 0.394 e. The molecular formula is C8H10BrN3O6. The van der Waals surface area contributed by atoms with Gasteiger partial charge in [0.05, 0.1) is 6.61 Å². The quantitative estimate of drug-likeness (QED) is 0.488. The number of ether oxygens (including phenoxy) is 1. The molecule has 2 rings (SSSR count). The van der Waals surface area contributed by atoms with Gasteiger partial charge in [-0.25, -0.2) is 0 Å². The van der Waals surface area contributed by atoms with Crippen molar-refractivity contribution in [3.8, 4) is 0 Å². The van der Waals surface area contributed by atoms with Crippen molar-refractivity contribution < 1.29 is 25.0 Å². The van der Waals surface area contributed by atoms with Gasteiger partial charge in [-0.15, -0.1) is 0 Å². The molecule has 18 heavy (non-hydrogen) atoms. The SMILES string of the molecule is O=[N+]([O-])c1ncn([C@@H]2O[C@@H](CO)[C@@H](O)[C@H]2O)c1Br. The van der Waals surface area contributed by atoms with E-state index in [0.29, 0.717) is 0 Å². The number of hydrogen-bond acceptors (Lipinski definition) is 7. The molecule has 0 bridgehead atoms. The van der Waals surface area contributed by atoms with Gasteiger partial charge in [-0.05, 0) is 25.8 Å². The fourth-order valence-corrected chi connectivity index (χ4v) is 2.29. The molecule has 0 amide bonds. The van der Waals surface area contributed by atoms with E-state index >= 15 is 0 Å². The molecule has 1 aliphatic rings. The van der Waals surface area contributed by atoms with Crippen LogP contribution in [0.1, 0.15) is 6.23 Å². The standard InChI is InChI=1S/C8H10BrN3O6/c9-6-7(12(16)17)10-2-11(6)8-5(15)4(14)3(1-13)18-8/h2-5,8,13-15H,1H2/t3-,4+,5+,8+/m0/s1. The molecule has 10 heteroatoms. The van der Waals surface area contributed by atoms with E-state index in [1.807, 2.05) is 0 Å². The van der Waals surface area contributed by atoms with Crippen LogP contribution in [0.25, 0.3) is 0 Å². The Bertz CT molecular complexity index is 466. The van der Waals surface area contributed by atoms with Crippen LogP contribution in [-0.4, -0.2) is 54.7 Å². The summed E-state index contributed by atoms with van der Waals surface area (Å²) in [5, 5.41) is 38.9. The van der Waals surface area contributed by atoms with E-state index in [1.54, 1.807) is 0 Å². The molecule has 0 unspecified atom stereocenters. The highest BCUT2D eigenvalue weighted by Crippen LogP contribution is 2.34. The van der Waals surface area contributed by atoms with Gasteiger partial charge in [-0.2, -0.15) is 0 Å². The van der Waals surface area contributed by atoms with Crippen LogP contribution in [0.15, 0.2) is 10.9 Å². The van der Waals surface area contributed by atoms with Crippen LogP contribution in [0.3, 0.4) is 0 Å². The maximum Gasteiger partial charge on any atom is 0.396 e. The largest absolute Gasteiger partial charge is 0.396 e. The van der Waals surface area contributed by atoms with Crippen molar-refractivity contribution in [2.45, 2.75) is 24.5 Å². The number of aliphatic hydroxyl groups is 3. The van der Waals surface area contributed by atoms with Crippen LogP contribution < -0.4 is 0 Å². The van der Waals surface area contributed by atoms with Crippen LogP contribution in [0.5, 0.6) is 0 Å². The topological polar surface area (TPSA) is 131 Å². The number of aliphatic hydroxyl groups excluding tert-OH is 3. The third-order valence-corrected chi connectivity index (χ3v) is 3.44. The first-order chi connectivity index (χ1) is 8.47. The zero-order valence-corrected chi connectivity index (χ0v) is 10.5. The predicted molar refractivity (Wildman–Crippen MR) is 59.6 cm³/mol. The summed E-state index contributed by atoms with van der Waals surface area (Å²) in [6.07, 6.45) is -3.46. The van der Waals surface area contributed by atoms with Gasteiger partial charge in [0.25, 0.3) is 0 Å². The summed E-state index contributed by atoms with van der Waals surface area (Å²) in [5.41, 5.74) is 0. The molecule has 0 spiro atoms. The van der Waals surface area contributed by atoms with Crippen molar-refractivity contribution in [2.24, 2.45) is 0 Å². The number of halogens is 1. The lowest BCUT2D eigenvalue weighted by Crippen LogP contribution is -2.33. The zero-order chi connectivity index (χ0) is 13.4. The molecule has 1 aromatic rings. The third kappa shape index (κ3) is 2.01. The molecule has 0 aromatic carbocycles. The van der Waals surface area contributed by atoms with E-state index in [-0.39, 0.29) is 4.60 Å². The molecule has 1 saturated heterocycles. The summed E-state index contributed by atoms with van der Waals surface area (Å²) in [7, 11) is 0. The van der Waals surface area contributed by atoms with Crippen LogP contribution in [0.2, 0.25) is 0 Å². The lowest BCUT2D eigenvalue weighted by Gasteiger charge is -2.15. The lowest BCUT2D eigenvalue weighted by molar-refractivity contribution is -0.390. The summed E-state index contributed by atoms with van der Waals surface area (Å²) in [4.78, 5) is 13.5. The van der Waals surface area contributed by atoms with Gasteiger partial charge >= 0.3 is 5.82 Å².